The zero-order chi connectivity index (χ0) is 13.3. The van der Waals surface area contributed by atoms with E-state index < -0.39 is 0 Å². The van der Waals surface area contributed by atoms with Crippen molar-refractivity contribution in [2.45, 2.75) is 19.9 Å². The molecule has 3 nitrogen and oxygen atoms in total. The fourth-order valence-corrected chi connectivity index (χ4v) is 2.64. The molecule has 0 unspecified atom stereocenters. The second kappa shape index (κ2) is 5.45. The van der Waals surface area contributed by atoms with Crippen molar-refractivity contribution in [1.29, 1.82) is 0 Å². The first-order chi connectivity index (χ1) is 8.49. The van der Waals surface area contributed by atoms with Crippen LogP contribution in [0.25, 0.3) is 0 Å². The molecular formula is C13H19BrFN3. The maximum absolute atomic E-state index is 13.3. The number of piperazine rings is 1. The van der Waals surface area contributed by atoms with Gasteiger partial charge in [-0.05, 0) is 35.8 Å². The summed E-state index contributed by atoms with van der Waals surface area (Å²) >= 11 is 3.21. The lowest BCUT2D eigenvalue weighted by Crippen LogP contribution is -2.49. The van der Waals surface area contributed by atoms with Gasteiger partial charge in [0.1, 0.15) is 5.82 Å². The quantitative estimate of drug-likeness (QED) is 0.852. The first-order valence-electron chi connectivity index (χ1n) is 6.22. The highest BCUT2D eigenvalue weighted by atomic mass is 79.9. The van der Waals surface area contributed by atoms with Crippen LogP contribution in [0.1, 0.15) is 13.8 Å². The van der Waals surface area contributed by atoms with Crippen molar-refractivity contribution >= 4 is 27.3 Å². The first kappa shape index (κ1) is 13.6. The van der Waals surface area contributed by atoms with Crippen LogP contribution < -0.4 is 10.6 Å². The number of anilines is 2. The molecule has 1 aliphatic heterocycles. The standard InChI is InChI=1S/C13H19BrFN3/c1-9(2)17-3-5-18(6-4-17)13-7-10(14)11(15)8-12(13)16/h7-9H,3-6,16H2,1-2H3. The highest BCUT2D eigenvalue weighted by molar-refractivity contribution is 9.10. The Morgan fingerprint density at radius 2 is 1.83 bits per heavy atom. The normalized spacial score (nSPS) is 17.5. The fourth-order valence-electron chi connectivity index (χ4n) is 2.30. The summed E-state index contributed by atoms with van der Waals surface area (Å²) in [7, 11) is 0. The summed E-state index contributed by atoms with van der Waals surface area (Å²) in [6, 6.07) is 3.73. The third-order valence-electron chi connectivity index (χ3n) is 3.45. The molecule has 1 aromatic rings. The van der Waals surface area contributed by atoms with Crippen molar-refractivity contribution in [2.24, 2.45) is 0 Å². The Labute approximate surface area is 116 Å². The van der Waals surface area contributed by atoms with Crippen LogP contribution in [-0.2, 0) is 0 Å². The van der Waals surface area contributed by atoms with Crippen LogP contribution in [0.4, 0.5) is 15.8 Å². The molecule has 0 saturated carbocycles. The Morgan fingerprint density at radius 1 is 1.22 bits per heavy atom. The lowest BCUT2D eigenvalue weighted by atomic mass is 10.2. The van der Waals surface area contributed by atoms with Crippen LogP contribution in [0.3, 0.4) is 0 Å². The third-order valence-corrected chi connectivity index (χ3v) is 4.06. The highest BCUT2D eigenvalue weighted by Crippen LogP contribution is 2.30. The lowest BCUT2D eigenvalue weighted by molar-refractivity contribution is 0.209. The lowest BCUT2D eigenvalue weighted by Gasteiger charge is -2.38. The van der Waals surface area contributed by atoms with E-state index in [2.05, 4.69) is 39.6 Å². The summed E-state index contributed by atoms with van der Waals surface area (Å²) < 4.78 is 13.8. The van der Waals surface area contributed by atoms with Crippen molar-refractivity contribution in [3.63, 3.8) is 0 Å². The van der Waals surface area contributed by atoms with Gasteiger partial charge in [-0.15, -0.1) is 0 Å². The molecule has 1 saturated heterocycles. The predicted octanol–water partition coefficient (Wildman–Crippen LogP) is 2.70. The number of nitrogens with zero attached hydrogens (tertiary/aromatic N) is 2. The molecule has 0 radical (unpaired) electrons. The molecule has 1 aromatic carbocycles. The van der Waals surface area contributed by atoms with Gasteiger partial charge in [0, 0.05) is 38.3 Å². The first-order valence-corrected chi connectivity index (χ1v) is 7.02. The molecular weight excluding hydrogens is 297 g/mol. The van der Waals surface area contributed by atoms with Gasteiger partial charge in [-0.3, -0.25) is 4.90 Å². The summed E-state index contributed by atoms with van der Waals surface area (Å²) in [6.45, 7) is 8.32. The van der Waals surface area contributed by atoms with Crippen molar-refractivity contribution in [1.82, 2.24) is 4.90 Å². The number of hydrogen-bond acceptors (Lipinski definition) is 3. The number of hydrogen-bond donors (Lipinski definition) is 1. The van der Waals surface area contributed by atoms with E-state index in [1.807, 2.05) is 0 Å². The van der Waals surface area contributed by atoms with Crippen LogP contribution in [0.5, 0.6) is 0 Å². The van der Waals surface area contributed by atoms with Gasteiger partial charge in [0.25, 0.3) is 0 Å². The Bertz CT molecular complexity index is 428. The van der Waals surface area contributed by atoms with Gasteiger partial charge < -0.3 is 10.6 Å². The molecule has 0 aliphatic carbocycles. The zero-order valence-corrected chi connectivity index (χ0v) is 12.4. The van der Waals surface area contributed by atoms with Crippen LogP contribution in [-0.4, -0.2) is 37.1 Å². The molecule has 0 bridgehead atoms. The van der Waals surface area contributed by atoms with Gasteiger partial charge in [0.15, 0.2) is 0 Å². The summed E-state index contributed by atoms with van der Waals surface area (Å²) in [5, 5.41) is 0. The van der Waals surface area contributed by atoms with Crippen molar-refractivity contribution in [3.8, 4) is 0 Å². The summed E-state index contributed by atoms with van der Waals surface area (Å²) in [5.41, 5.74) is 7.33. The topological polar surface area (TPSA) is 32.5 Å². The van der Waals surface area contributed by atoms with Gasteiger partial charge in [-0.1, -0.05) is 0 Å². The minimum Gasteiger partial charge on any atom is -0.397 e. The second-order valence-corrected chi connectivity index (χ2v) is 5.80. The van der Waals surface area contributed by atoms with E-state index in [4.69, 9.17) is 5.73 Å². The highest BCUT2D eigenvalue weighted by Gasteiger charge is 2.21. The average Bonchev–Trinajstić information content (AvgIpc) is 2.34. The zero-order valence-electron chi connectivity index (χ0n) is 10.8. The summed E-state index contributed by atoms with van der Waals surface area (Å²) in [5.74, 6) is -0.308. The number of halogens is 2. The molecule has 0 aromatic heterocycles. The molecule has 2 rings (SSSR count). The fraction of sp³-hybridized carbons (Fsp3) is 0.538. The van der Waals surface area contributed by atoms with Crippen molar-refractivity contribution in [3.05, 3.63) is 22.4 Å². The minimum atomic E-state index is -0.308. The smallest absolute Gasteiger partial charge is 0.139 e. The summed E-state index contributed by atoms with van der Waals surface area (Å²) in [4.78, 5) is 4.66. The number of rotatable bonds is 2. The molecule has 18 heavy (non-hydrogen) atoms. The SMILES string of the molecule is CC(C)N1CCN(c2cc(Br)c(F)cc2N)CC1. The Hall–Kier alpha value is -0.810. The Kier molecular flexibility index (Phi) is 4.12. The number of benzene rings is 1. The third kappa shape index (κ3) is 2.78. The largest absolute Gasteiger partial charge is 0.397 e. The minimum absolute atomic E-state index is 0.308. The van der Waals surface area contributed by atoms with E-state index in [9.17, 15) is 4.39 Å². The van der Waals surface area contributed by atoms with Gasteiger partial charge in [-0.2, -0.15) is 0 Å². The van der Waals surface area contributed by atoms with Crippen LogP contribution in [0.2, 0.25) is 0 Å². The molecule has 100 valence electrons. The predicted molar refractivity (Wildman–Crippen MR) is 77.4 cm³/mol. The molecule has 2 N–H and O–H groups in total. The molecule has 5 heteroatoms. The van der Waals surface area contributed by atoms with E-state index >= 15 is 0 Å². The van der Waals surface area contributed by atoms with E-state index in [-0.39, 0.29) is 5.82 Å². The second-order valence-electron chi connectivity index (χ2n) is 4.94. The average molecular weight is 316 g/mol. The van der Waals surface area contributed by atoms with Gasteiger partial charge >= 0.3 is 0 Å². The molecule has 1 aliphatic rings. The van der Waals surface area contributed by atoms with E-state index in [1.54, 1.807) is 6.07 Å². The molecule has 1 heterocycles. The molecule has 0 amide bonds. The van der Waals surface area contributed by atoms with E-state index in [0.29, 0.717) is 16.2 Å². The Morgan fingerprint density at radius 3 is 2.39 bits per heavy atom. The number of nitrogen functional groups attached to an aromatic ring is 1. The van der Waals surface area contributed by atoms with Gasteiger partial charge in [-0.25, -0.2) is 4.39 Å². The Balaban J connectivity index is 2.12. The van der Waals surface area contributed by atoms with Crippen molar-refractivity contribution in [2.75, 3.05) is 36.8 Å². The van der Waals surface area contributed by atoms with Crippen LogP contribution >= 0.6 is 15.9 Å². The summed E-state index contributed by atoms with van der Waals surface area (Å²) in [6.07, 6.45) is 0. The monoisotopic (exact) mass is 315 g/mol. The van der Waals surface area contributed by atoms with Crippen LogP contribution in [0.15, 0.2) is 16.6 Å². The van der Waals surface area contributed by atoms with Crippen molar-refractivity contribution < 1.29 is 4.39 Å². The van der Waals surface area contributed by atoms with E-state index in [0.717, 1.165) is 31.9 Å². The maximum Gasteiger partial charge on any atom is 0.139 e. The number of nitrogens with two attached hydrogens (primary N) is 1. The van der Waals surface area contributed by atoms with Gasteiger partial charge in [0.2, 0.25) is 0 Å². The van der Waals surface area contributed by atoms with Crippen LogP contribution in [0, 0.1) is 5.82 Å². The molecule has 1 fully saturated rings. The van der Waals surface area contributed by atoms with Gasteiger partial charge in [0.05, 0.1) is 15.8 Å². The van der Waals surface area contributed by atoms with E-state index in [1.165, 1.54) is 6.07 Å². The molecule has 0 atom stereocenters. The maximum atomic E-state index is 13.3. The molecule has 0 spiro atoms.